The second-order valence-electron chi connectivity index (χ2n) is 2.87. The zero-order valence-corrected chi connectivity index (χ0v) is 8.58. The molecule has 0 aliphatic rings. The van der Waals surface area contributed by atoms with Gasteiger partial charge in [0.1, 0.15) is 0 Å². The molecule has 4 nitrogen and oxygen atoms in total. The third-order valence-electron chi connectivity index (χ3n) is 1.53. The van der Waals surface area contributed by atoms with Crippen molar-refractivity contribution in [3.63, 3.8) is 0 Å². The maximum atomic E-state index is 8.49. The van der Waals surface area contributed by atoms with Gasteiger partial charge in [-0.3, -0.25) is 0 Å². The lowest BCUT2D eigenvalue weighted by Gasteiger charge is -2.07. The first-order valence-electron chi connectivity index (χ1n) is 4.90. The molecule has 0 aromatic rings. The minimum Gasteiger partial charge on any atom is -0.397 e. The highest BCUT2D eigenvalue weighted by Crippen LogP contribution is 2.00. The molecule has 82 valence electrons. The van der Waals surface area contributed by atoms with E-state index in [4.69, 9.17) is 21.7 Å². The molecular formula is C9H24N2O2. The molecule has 0 heterocycles. The minimum atomic E-state index is 0.163. The van der Waals surface area contributed by atoms with Gasteiger partial charge in [0.05, 0.1) is 0 Å². The Bertz CT molecular complexity index is 82.0. The lowest BCUT2D eigenvalue weighted by Crippen LogP contribution is -2.21. The first kappa shape index (κ1) is 15.3. The predicted octanol–water partition coefficient (Wildman–Crippen LogP) is -0.176. The fourth-order valence-electron chi connectivity index (χ4n) is 0.861. The fraction of sp³-hybridized carbons (Fsp3) is 1.00. The second kappa shape index (κ2) is 14.4. The number of aliphatic hydroxyl groups is 2. The lowest BCUT2D eigenvalue weighted by atomic mass is 10.1. The lowest BCUT2D eigenvalue weighted by molar-refractivity contribution is 0.272. The van der Waals surface area contributed by atoms with Crippen LogP contribution in [0.3, 0.4) is 0 Å². The summed E-state index contributed by atoms with van der Waals surface area (Å²) in [5.74, 6) is 0. The van der Waals surface area contributed by atoms with Crippen LogP contribution >= 0.6 is 0 Å². The van der Waals surface area contributed by atoms with E-state index in [0.717, 1.165) is 25.8 Å². The van der Waals surface area contributed by atoms with E-state index in [1.807, 2.05) is 0 Å². The summed E-state index contributed by atoms with van der Waals surface area (Å²) in [5, 5.41) is 16.1. The number of hydrogen-bond acceptors (Lipinski definition) is 4. The van der Waals surface area contributed by atoms with Crippen LogP contribution in [0.25, 0.3) is 0 Å². The molecule has 0 fully saturated rings. The summed E-state index contributed by atoms with van der Waals surface area (Å²) in [6, 6.07) is 0.163. The van der Waals surface area contributed by atoms with E-state index in [1.54, 1.807) is 6.92 Å². The zero-order valence-electron chi connectivity index (χ0n) is 8.58. The number of unbranched alkanes of at least 4 members (excludes halogenated alkanes) is 1. The second-order valence-corrected chi connectivity index (χ2v) is 2.87. The van der Waals surface area contributed by atoms with Crippen LogP contribution in [0.4, 0.5) is 0 Å². The standard InChI is InChI=1S/C7H18N2O.C2H6O/c8-5-2-1-3-7(9)4-6-10;1-2-3/h7,10H,1-6,8-9H2;3H,2H2,1H3. The summed E-state index contributed by atoms with van der Waals surface area (Å²) in [6.45, 7) is 2.87. The molecule has 0 aromatic carbocycles. The van der Waals surface area contributed by atoms with Gasteiger partial charge in [0.2, 0.25) is 0 Å². The zero-order chi connectivity index (χ0) is 10.5. The maximum Gasteiger partial charge on any atom is 0.0445 e. The molecule has 0 aliphatic carbocycles. The van der Waals surface area contributed by atoms with Gasteiger partial charge in [-0.05, 0) is 32.7 Å². The summed E-state index contributed by atoms with van der Waals surface area (Å²) < 4.78 is 0. The van der Waals surface area contributed by atoms with Gasteiger partial charge in [0.15, 0.2) is 0 Å². The van der Waals surface area contributed by atoms with E-state index < -0.39 is 0 Å². The molecule has 1 unspecified atom stereocenters. The third kappa shape index (κ3) is 18.7. The van der Waals surface area contributed by atoms with Crippen LogP contribution < -0.4 is 11.5 Å². The minimum absolute atomic E-state index is 0.163. The van der Waals surface area contributed by atoms with Crippen LogP contribution in [-0.2, 0) is 0 Å². The summed E-state index contributed by atoms with van der Waals surface area (Å²) in [6.07, 6.45) is 3.82. The van der Waals surface area contributed by atoms with Crippen molar-refractivity contribution in [2.75, 3.05) is 19.8 Å². The van der Waals surface area contributed by atoms with Crippen molar-refractivity contribution in [2.45, 2.75) is 38.6 Å². The van der Waals surface area contributed by atoms with Crippen LogP contribution in [0.5, 0.6) is 0 Å². The van der Waals surface area contributed by atoms with Gasteiger partial charge < -0.3 is 21.7 Å². The van der Waals surface area contributed by atoms with E-state index >= 15 is 0 Å². The summed E-state index contributed by atoms with van der Waals surface area (Å²) >= 11 is 0. The molecule has 0 saturated heterocycles. The Kier molecular flexibility index (Phi) is 16.9. The van der Waals surface area contributed by atoms with E-state index in [2.05, 4.69) is 0 Å². The van der Waals surface area contributed by atoms with Crippen LogP contribution in [0, 0.1) is 0 Å². The molecule has 0 bridgehead atoms. The smallest absolute Gasteiger partial charge is 0.0445 e. The first-order chi connectivity index (χ1) is 6.22. The van der Waals surface area contributed by atoms with Crippen molar-refractivity contribution in [1.82, 2.24) is 0 Å². The number of nitrogens with two attached hydrogens (primary N) is 2. The van der Waals surface area contributed by atoms with E-state index in [1.165, 1.54) is 0 Å². The Hall–Kier alpha value is -0.160. The van der Waals surface area contributed by atoms with Gasteiger partial charge >= 0.3 is 0 Å². The Morgan fingerprint density at radius 3 is 2.08 bits per heavy atom. The van der Waals surface area contributed by atoms with Crippen LogP contribution in [0.2, 0.25) is 0 Å². The van der Waals surface area contributed by atoms with Crippen molar-refractivity contribution in [3.05, 3.63) is 0 Å². The SMILES string of the molecule is CCO.NCCCCC(N)CCO. The Labute approximate surface area is 80.9 Å². The molecule has 0 rings (SSSR count). The van der Waals surface area contributed by atoms with E-state index in [-0.39, 0.29) is 19.3 Å². The van der Waals surface area contributed by atoms with Crippen LogP contribution in [0.1, 0.15) is 32.6 Å². The fourth-order valence-corrected chi connectivity index (χ4v) is 0.861. The molecule has 1 atom stereocenters. The topological polar surface area (TPSA) is 92.5 Å². The van der Waals surface area contributed by atoms with Crippen LogP contribution in [-0.4, -0.2) is 36.0 Å². The van der Waals surface area contributed by atoms with Gasteiger partial charge in [-0.25, -0.2) is 0 Å². The molecule has 0 aromatic heterocycles. The Morgan fingerprint density at radius 1 is 1.15 bits per heavy atom. The summed E-state index contributed by atoms with van der Waals surface area (Å²) in [7, 11) is 0. The molecule has 0 spiro atoms. The molecule has 0 saturated carbocycles. The molecule has 0 aliphatic heterocycles. The van der Waals surface area contributed by atoms with Crippen LogP contribution in [0.15, 0.2) is 0 Å². The molecule has 4 heteroatoms. The maximum absolute atomic E-state index is 8.49. The van der Waals surface area contributed by atoms with Crippen molar-refractivity contribution in [3.8, 4) is 0 Å². The highest BCUT2D eigenvalue weighted by atomic mass is 16.3. The summed E-state index contributed by atoms with van der Waals surface area (Å²) in [5.41, 5.74) is 10.9. The van der Waals surface area contributed by atoms with Crippen molar-refractivity contribution >= 4 is 0 Å². The van der Waals surface area contributed by atoms with E-state index in [0.29, 0.717) is 6.42 Å². The number of aliphatic hydroxyl groups excluding tert-OH is 2. The largest absolute Gasteiger partial charge is 0.397 e. The van der Waals surface area contributed by atoms with Gasteiger partial charge in [0, 0.05) is 19.3 Å². The highest BCUT2D eigenvalue weighted by Gasteiger charge is 1.99. The normalized spacial score (nSPS) is 11.8. The van der Waals surface area contributed by atoms with E-state index in [9.17, 15) is 0 Å². The number of hydrogen-bond donors (Lipinski definition) is 4. The Morgan fingerprint density at radius 2 is 1.69 bits per heavy atom. The van der Waals surface area contributed by atoms with Crippen molar-refractivity contribution < 1.29 is 10.2 Å². The average Bonchev–Trinajstić information content (AvgIpc) is 2.07. The molecule has 13 heavy (non-hydrogen) atoms. The molecular weight excluding hydrogens is 168 g/mol. The van der Waals surface area contributed by atoms with Gasteiger partial charge in [-0.1, -0.05) is 6.42 Å². The monoisotopic (exact) mass is 192 g/mol. The van der Waals surface area contributed by atoms with Crippen molar-refractivity contribution in [2.24, 2.45) is 11.5 Å². The number of rotatable bonds is 6. The van der Waals surface area contributed by atoms with Gasteiger partial charge in [-0.2, -0.15) is 0 Å². The molecule has 0 amide bonds. The molecule has 0 radical (unpaired) electrons. The first-order valence-corrected chi connectivity index (χ1v) is 4.90. The third-order valence-corrected chi connectivity index (χ3v) is 1.53. The molecule has 6 N–H and O–H groups in total. The van der Waals surface area contributed by atoms with Gasteiger partial charge in [0.25, 0.3) is 0 Å². The quantitative estimate of drug-likeness (QED) is 0.439. The Balaban J connectivity index is 0. The highest BCUT2D eigenvalue weighted by molar-refractivity contribution is 4.59. The van der Waals surface area contributed by atoms with Crippen molar-refractivity contribution in [1.29, 1.82) is 0 Å². The predicted molar refractivity (Wildman–Crippen MR) is 55.3 cm³/mol. The average molecular weight is 192 g/mol. The van der Waals surface area contributed by atoms with Gasteiger partial charge in [-0.15, -0.1) is 0 Å². The summed E-state index contributed by atoms with van der Waals surface area (Å²) in [4.78, 5) is 0.